The zero-order chi connectivity index (χ0) is 13.9. The fourth-order valence-electron chi connectivity index (χ4n) is 1.96. The van der Waals surface area contributed by atoms with Gasteiger partial charge in [0.25, 0.3) is 0 Å². The molecule has 4 nitrogen and oxygen atoms in total. The zero-order valence-corrected chi connectivity index (χ0v) is 11.3. The Hall–Kier alpha value is -2.17. The van der Waals surface area contributed by atoms with Gasteiger partial charge in [0.15, 0.2) is 0 Å². The van der Waals surface area contributed by atoms with Crippen molar-refractivity contribution in [1.82, 2.24) is 9.97 Å². The number of rotatable bonds is 3. The van der Waals surface area contributed by atoms with E-state index in [9.17, 15) is 0 Å². The Balaban J connectivity index is 2.07. The second kappa shape index (κ2) is 5.45. The third-order valence-corrected chi connectivity index (χ3v) is 3.20. The maximum atomic E-state index is 6.00. The fraction of sp³-hybridized carbons (Fsp3) is 0.0667. The van der Waals surface area contributed by atoms with Crippen molar-refractivity contribution in [2.75, 3.05) is 0 Å². The smallest absolute Gasteiger partial charge is 0.230 e. The van der Waals surface area contributed by atoms with Gasteiger partial charge in [0.05, 0.1) is 10.9 Å². The molecule has 0 saturated heterocycles. The molecule has 0 unspecified atom stereocenters. The average molecular weight is 286 g/mol. The summed E-state index contributed by atoms with van der Waals surface area (Å²) in [5.74, 6) is 1.11. The van der Waals surface area contributed by atoms with Gasteiger partial charge in [-0.05, 0) is 24.3 Å². The van der Waals surface area contributed by atoms with Crippen molar-refractivity contribution in [2.45, 2.75) is 6.54 Å². The van der Waals surface area contributed by atoms with Gasteiger partial charge in [-0.25, -0.2) is 9.97 Å². The van der Waals surface area contributed by atoms with Gasteiger partial charge in [0.2, 0.25) is 5.88 Å². The van der Waals surface area contributed by atoms with Gasteiger partial charge in [-0.1, -0.05) is 29.8 Å². The summed E-state index contributed by atoms with van der Waals surface area (Å²) >= 11 is 6.00. The quantitative estimate of drug-likeness (QED) is 0.799. The minimum atomic E-state index is 0.371. The Morgan fingerprint density at radius 1 is 1.10 bits per heavy atom. The number of halogens is 1. The molecule has 20 heavy (non-hydrogen) atoms. The molecule has 0 fully saturated rings. The Labute approximate surface area is 121 Å². The lowest BCUT2D eigenvalue weighted by atomic mass is 10.2. The average Bonchev–Trinajstić information content (AvgIpc) is 2.48. The van der Waals surface area contributed by atoms with E-state index in [0.29, 0.717) is 23.2 Å². The normalized spacial score (nSPS) is 10.7. The number of aromatic nitrogens is 2. The van der Waals surface area contributed by atoms with E-state index in [2.05, 4.69) is 9.97 Å². The summed E-state index contributed by atoms with van der Waals surface area (Å²) in [6, 6.07) is 13.0. The van der Waals surface area contributed by atoms with Gasteiger partial charge < -0.3 is 10.5 Å². The van der Waals surface area contributed by atoms with Crippen LogP contribution in [0.25, 0.3) is 10.9 Å². The lowest BCUT2D eigenvalue weighted by molar-refractivity contribution is 0.462. The van der Waals surface area contributed by atoms with Crippen molar-refractivity contribution in [1.29, 1.82) is 0 Å². The van der Waals surface area contributed by atoms with Crippen LogP contribution in [0.15, 0.2) is 48.8 Å². The highest BCUT2D eigenvalue weighted by atomic mass is 35.5. The van der Waals surface area contributed by atoms with E-state index in [1.807, 2.05) is 30.3 Å². The number of nitrogens with zero attached hydrogens (tertiary/aromatic N) is 2. The molecule has 0 aliphatic rings. The number of hydrogen-bond donors (Lipinski definition) is 1. The van der Waals surface area contributed by atoms with Crippen LogP contribution < -0.4 is 10.5 Å². The molecular formula is C15H12ClN3O. The van der Waals surface area contributed by atoms with Gasteiger partial charge in [-0.15, -0.1) is 0 Å². The molecule has 2 aromatic carbocycles. The van der Waals surface area contributed by atoms with E-state index in [1.54, 1.807) is 12.1 Å². The molecular weight excluding hydrogens is 274 g/mol. The topological polar surface area (TPSA) is 61.0 Å². The molecule has 1 heterocycles. The molecule has 0 amide bonds. The molecule has 0 aliphatic heterocycles. The van der Waals surface area contributed by atoms with Gasteiger partial charge in [0, 0.05) is 17.1 Å². The van der Waals surface area contributed by atoms with E-state index in [0.717, 1.165) is 16.5 Å². The van der Waals surface area contributed by atoms with Crippen LogP contribution in [-0.2, 0) is 6.54 Å². The monoisotopic (exact) mass is 285 g/mol. The largest absolute Gasteiger partial charge is 0.438 e. The molecule has 0 atom stereocenters. The number of fused-ring (bicyclic) bond motifs is 1. The second-order valence-corrected chi connectivity index (χ2v) is 4.69. The van der Waals surface area contributed by atoms with Crippen LogP contribution in [0, 0.1) is 0 Å². The number of ether oxygens (including phenoxy) is 1. The van der Waals surface area contributed by atoms with Gasteiger partial charge in [0.1, 0.15) is 12.1 Å². The number of nitrogens with two attached hydrogens (primary N) is 1. The molecule has 0 radical (unpaired) electrons. The Morgan fingerprint density at radius 3 is 2.80 bits per heavy atom. The van der Waals surface area contributed by atoms with E-state index in [4.69, 9.17) is 22.1 Å². The van der Waals surface area contributed by atoms with Crippen molar-refractivity contribution >= 4 is 22.5 Å². The Morgan fingerprint density at radius 2 is 1.95 bits per heavy atom. The first-order valence-corrected chi connectivity index (χ1v) is 6.52. The maximum Gasteiger partial charge on any atom is 0.230 e. The van der Waals surface area contributed by atoms with Crippen LogP contribution in [0.1, 0.15) is 5.56 Å². The number of para-hydroxylation sites is 1. The summed E-state index contributed by atoms with van der Waals surface area (Å²) in [4.78, 5) is 8.39. The lowest BCUT2D eigenvalue weighted by Gasteiger charge is -2.11. The molecule has 0 spiro atoms. The molecule has 0 saturated carbocycles. The van der Waals surface area contributed by atoms with Gasteiger partial charge in [-0.2, -0.15) is 0 Å². The van der Waals surface area contributed by atoms with E-state index >= 15 is 0 Å². The van der Waals surface area contributed by atoms with Crippen LogP contribution >= 0.6 is 11.6 Å². The van der Waals surface area contributed by atoms with Gasteiger partial charge >= 0.3 is 0 Å². The molecule has 5 heteroatoms. The van der Waals surface area contributed by atoms with Crippen molar-refractivity contribution < 1.29 is 4.74 Å². The highest BCUT2D eigenvalue weighted by Crippen LogP contribution is 2.30. The molecule has 3 aromatic rings. The first-order valence-electron chi connectivity index (χ1n) is 6.14. The van der Waals surface area contributed by atoms with Crippen molar-refractivity contribution in [3.63, 3.8) is 0 Å². The molecule has 2 N–H and O–H groups in total. The molecule has 3 rings (SSSR count). The van der Waals surface area contributed by atoms with Crippen LogP contribution in [0.2, 0.25) is 5.02 Å². The molecule has 1 aromatic heterocycles. The number of benzene rings is 2. The van der Waals surface area contributed by atoms with Crippen LogP contribution in [0.5, 0.6) is 11.6 Å². The predicted molar refractivity (Wildman–Crippen MR) is 79.0 cm³/mol. The van der Waals surface area contributed by atoms with Gasteiger partial charge in [-0.3, -0.25) is 0 Å². The minimum Gasteiger partial charge on any atom is -0.438 e. The predicted octanol–water partition coefficient (Wildman–Crippen LogP) is 3.53. The van der Waals surface area contributed by atoms with Crippen LogP contribution in [0.3, 0.4) is 0 Å². The Bertz CT molecular complexity index is 756. The van der Waals surface area contributed by atoms with Crippen molar-refractivity contribution in [3.05, 3.63) is 59.4 Å². The molecule has 100 valence electrons. The summed E-state index contributed by atoms with van der Waals surface area (Å²) in [5.41, 5.74) is 7.41. The minimum absolute atomic E-state index is 0.371. The highest BCUT2D eigenvalue weighted by Gasteiger charge is 2.09. The zero-order valence-electron chi connectivity index (χ0n) is 10.6. The third-order valence-electron chi connectivity index (χ3n) is 2.96. The fourth-order valence-corrected chi connectivity index (χ4v) is 2.12. The maximum absolute atomic E-state index is 6.00. The van der Waals surface area contributed by atoms with Crippen molar-refractivity contribution in [3.8, 4) is 11.6 Å². The van der Waals surface area contributed by atoms with E-state index in [1.165, 1.54) is 6.33 Å². The second-order valence-electron chi connectivity index (χ2n) is 4.25. The summed E-state index contributed by atoms with van der Waals surface area (Å²) in [6.45, 7) is 0.371. The number of hydrogen-bond acceptors (Lipinski definition) is 4. The van der Waals surface area contributed by atoms with E-state index < -0.39 is 0 Å². The summed E-state index contributed by atoms with van der Waals surface area (Å²) in [5, 5.41) is 1.44. The highest BCUT2D eigenvalue weighted by molar-refractivity contribution is 6.30. The standard InChI is InChI=1S/C15H12ClN3O/c16-11-6-5-10(8-17)14(7-11)20-15-12-3-1-2-4-13(12)18-9-19-15/h1-7,9H,8,17H2. The summed E-state index contributed by atoms with van der Waals surface area (Å²) in [6.07, 6.45) is 1.48. The molecule has 0 bridgehead atoms. The SMILES string of the molecule is NCc1ccc(Cl)cc1Oc1ncnc2ccccc12. The lowest BCUT2D eigenvalue weighted by Crippen LogP contribution is -2.00. The third kappa shape index (κ3) is 2.43. The van der Waals surface area contributed by atoms with Crippen LogP contribution in [-0.4, -0.2) is 9.97 Å². The summed E-state index contributed by atoms with van der Waals surface area (Å²) < 4.78 is 5.88. The van der Waals surface area contributed by atoms with E-state index in [-0.39, 0.29) is 0 Å². The Kier molecular flexibility index (Phi) is 3.50. The first-order chi connectivity index (χ1) is 9.78. The molecule has 0 aliphatic carbocycles. The van der Waals surface area contributed by atoms with Crippen molar-refractivity contribution in [2.24, 2.45) is 5.73 Å². The summed E-state index contributed by atoms with van der Waals surface area (Å²) in [7, 11) is 0. The first kappa shape index (κ1) is 12.8. The van der Waals surface area contributed by atoms with Crippen LogP contribution in [0.4, 0.5) is 0 Å².